The van der Waals surface area contributed by atoms with Gasteiger partial charge in [0.1, 0.15) is 28.4 Å². The Bertz CT molecular complexity index is 2060. The van der Waals surface area contributed by atoms with Crippen LogP contribution in [0.1, 0.15) is 176 Å². The standard InChI is InChI=1S/C53H66N2O4/c1-49(2,3)41-23-33-19-37-27-43(51(7,8)9)29-39-21-35-25-42(50(4,5)6)26-36(46(35)57)22-40-30-44(52(10,11)12)28-38(20-34(24-41)45(33)56)48(40)59-18-14-16-53(31-54,32-55)15-13-17-58-47(37)39/h23-30,56-57H,13-22H2,1-12H3. The van der Waals surface area contributed by atoms with Gasteiger partial charge in [-0.15, -0.1) is 0 Å². The van der Waals surface area contributed by atoms with Crippen molar-refractivity contribution in [2.24, 2.45) is 5.41 Å². The highest BCUT2D eigenvalue weighted by Crippen LogP contribution is 2.44. The van der Waals surface area contributed by atoms with Gasteiger partial charge >= 0.3 is 0 Å². The van der Waals surface area contributed by atoms with E-state index < -0.39 is 5.41 Å². The minimum absolute atomic E-state index is 0.191. The van der Waals surface area contributed by atoms with Crippen LogP contribution in [0, 0.1) is 28.1 Å². The van der Waals surface area contributed by atoms with E-state index in [0.29, 0.717) is 64.6 Å². The van der Waals surface area contributed by atoms with Crippen molar-refractivity contribution in [2.45, 2.75) is 156 Å². The van der Waals surface area contributed by atoms with Crippen LogP contribution in [-0.2, 0) is 47.3 Å². The molecule has 6 heteroatoms. The topological polar surface area (TPSA) is 106 Å². The Kier molecular flexibility index (Phi) is 11.8. The number of phenols is 2. The first-order valence-electron chi connectivity index (χ1n) is 21.5. The first-order chi connectivity index (χ1) is 27.4. The summed E-state index contributed by atoms with van der Waals surface area (Å²) >= 11 is 0. The number of rotatable bonds is 0. The van der Waals surface area contributed by atoms with Crippen LogP contribution in [-0.4, -0.2) is 23.4 Å². The molecule has 0 fully saturated rings. The molecular weight excluding hydrogens is 729 g/mol. The van der Waals surface area contributed by atoms with Crippen LogP contribution >= 0.6 is 0 Å². The van der Waals surface area contributed by atoms with Crippen LogP contribution in [0.4, 0.5) is 0 Å². The second-order valence-corrected chi connectivity index (χ2v) is 21.5. The van der Waals surface area contributed by atoms with E-state index in [1.165, 1.54) is 0 Å². The van der Waals surface area contributed by atoms with Gasteiger partial charge in [-0.3, -0.25) is 0 Å². The Morgan fingerprint density at radius 2 is 0.678 bits per heavy atom. The number of phenolic OH excluding ortho intramolecular Hbond substituents is 2. The first-order valence-corrected chi connectivity index (χ1v) is 21.5. The van der Waals surface area contributed by atoms with Crippen molar-refractivity contribution in [2.75, 3.05) is 13.2 Å². The third-order valence-electron chi connectivity index (χ3n) is 12.4. The van der Waals surface area contributed by atoms with Gasteiger partial charge < -0.3 is 19.7 Å². The highest BCUT2D eigenvalue weighted by atomic mass is 16.5. The average molecular weight is 795 g/mol. The van der Waals surface area contributed by atoms with E-state index in [4.69, 9.17) is 9.47 Å². The molecule has 0 atom stereocenters. The second kappa shape index (κ2) is 15.9. The summed E-state index contributed by atoms with van der Waals surface area (Å²) in [5, 5.41) is 45.6. The molecule has 0 unspecified atom stereocenters. The van der Waals surface area contributed by atoms with E-state index in [9.17, 15) is 20.7 Å². The molecule has 0 saturated heterocycles. The maximum atomic E-state index is 12.4. The molecule has 6 nitrogen and oxygen atoms in total. The Morgan fingerprint density at radius 3 is 0.898 bits per heavy atom. The number of hydrogen-bond donors (Lipinski definition) is 2. The molecule has 0 saturated carbocycles. The monoisotopic (exact) mass is 795 g/mol. The molecule has 312 valence electrons. The number of benzene rings is 4. The molecule has 4 aromatic carbocycles. The van der Waals surface area contributed by atoms with E-state index >= 15 is 0 Å². The predicted octanol–water partition coefficient (Wildman–Crippen LogP) is 12.3. The molecule has 2 aliphatic rings. The van der Waals surface area contributed by atoms with Crippen molar-refractivity contribution < 1.29 is 19.7 Å². The van der Waals surface area contributed by atoms with Crippen molar-refractivity contribution >= 4 is 0 Å². The molecule has 1 heterocycles. The van der Waals surface area contributed by atoms with Crippen LogP contribution < -0.4 is 9.47 Å². The first kappa shape index (κ1) is 43.6. The van der Waals surface area contributed by atoms with E-state index in [-0.39, 0.29) is 33.2 Å². The zero-order valence-electron chi connectivity index (χ0n) is 37.8. The van der Waals surface area contributed by atoms with Gasteiger partial charge in [0.25, 0.3) is 0 Å². The molecule has 10 bridgehead atoms. The molecule has 2 N–H and O–H groups in total. The van der Waals surface area contributed by atoms with Crippen LogP contribution in [0.25, 0.3) is 0 Å². The summed E-state index contributed by atoms with van der Waals surface area (Å²) in [6.45, 7) is 27.2. The van der Waals surface area contributed by atoms with Gasteiger partial charge in [-0.05, 0) is 114 Å². The fraction of sp³-hybridized carbons (Fsp3) is 0.509. The normalized spacial score (nSPS) is 16.3. The van der Waals surface area contributed by atoms with Crippen LogP contribution in [0.2, 0.25) is 0 Å². The summed E-state index contributed by atoms with van der Waals surface area (Å²) in [6.07, 6.45) is 3.45. The molecular formula is C53H66N2O4. The predicted molar refractivity (Wildman–Crippen MR) is 238 cm³/mol. The Balaban J connectivity index is 1.77. The van der Waals surface area contributed by atoms with Crippen molar-refractivity contribution in [1.82, 2.24) is 0 Å². The third kappa shape index (κ3) is 9.44. The molecule has 0 radical (unpaired) electrons. The van der Waals surface area contributed by atoms with Gasteiger partial charge in [0.15, 0.2) is 0 Å². The van der Waals surface area contributed by atoms with Crippen molar-refractivity contribution in [3.63, 3.8) is 0 Å². The zero-order valence-corrected chi connectivity index (χ0v) is 37.8. The van der Waals surface area contributed by atoms with Gasteiger partial charge in [0.05, 0.1) is 25.4 Å². The van der Waals surface area contributed by atoms with Gasteiger partial charge in [-0.1, -0.05) is 132 Å². The summed E-state index contributed by atoms with van der Waals surface area (Å²) in [5.41, 5.74) is 9.69. The van der Waals surface area contributed by atoms with Crippen molar-refractivity contribution in [3.05, 3.63) is 115 Å². The maximum absolute atomic E-state index is 12.4. The van der Waals surface area contributed by atoms with Gasteiger partial charge in [0, 0.05) is 25.7 Å². The van der Waals surface area contributed by atoms with Crippen molar-refractivity contribution in [3.8, 4) is 35.1 Å². The summed E-state index contributed by atoms with van der Waals surface area (Å²) < 4.78 is 13.7. The fourth-order valence-corrected chi connectivity index (χ4v) is 8.49. The summed E-state index contributed by atoms with van der Waals surface area (Å²) in [5.74, 6) is 2.01. The second-order valence-electron chi connectivity index (χ2n) is 21.5. The minimum atomic E-state index is -1.16. The summed E-state index contributed by atoms with van der Waals surface area (Å²) in [7, 11) is 0. The maximum Gasteiger partial charge on any atom is 0.144 e. The van der Waals surface area contributed by atoms with Crippen LogP contribution in [0.5, 0.6) is 23.0 Å². The number of hydrogen-bond acceptors (Lipinski definition) is 6. The lowest BCUT2D eigenvalue weighted by molar-refractivity contribution is 0.259. The molecule has 0 amide bonds. The Hall–Kier alpha value is -4.94. The van der Waals surface area contributed by atoms with Crippen LogP contribution in [0.15, 0.2) is 48.5 Å². The van der Waals surface area contributed by atoms with Crippen LogP contribution in [0.3, 0.4) is 0 Å². The van der Waals surface area contributed by atoms with Gasteiger partial charge in [-0.2, -0.15) is 10.5 Å². The quantitative estimate of drug-likeness (QED) is 0.162. The molecule has 59 heavy (non-hydrogen) atoms. The molecule has 0 aromatic heterocycles. The van der Waals surface area contributed by atoms with Gasteiger partial charge in [-0.25, -0.2) is 0 Å². The SMILES string of the molecule is CC(C)(C)c1cc2c(O)c(c1)Cc1cc(C(C)(C)C)cc3c1OCCCC(C#N)(C#N)CCCOc1c(cc(C(C)(C)C)cc1Cc1cc(C(C)(C)C)cc(c1O)C3)C2. The number of aromatic hydroxyl groups is 2. The molecule has 4 aromatic rings. The number of ether oxygens (including phenoxy) is 2. The summed E-state index contributed by atoms with van der Waals surface area (Å²) in [6, 6.07) is 22.2. The highest BCUT2D eigenvalue weighted by Gasteiger charge is 2.32. The number of fused-ring (bicyclic) bond motifs is 2. The van der Waals surface area contributed by atoms with E-state index in [1.54, 1.807) is 0 Å². The highest BCUT2D eigenvalue weighted by molar-refractivity contribution is 5.59. The lowest BCUT2D eigenvalue weighted by Gasteiger charge is -2.28. The molecule has 1 aliphatic heterocycles. The average Bonchev–Trinajstić information content (AvgIpc) is 3.13. The van der Waals surface area contributed by atoms with Gasteiger partial charge in [0.2, 0.25) is 0 Å². The zero-order chi connectivity index (χ0) is 43.3. The Morgan fingerprint density at radius 1 is 0.441 bits per heavy atom. The summed E-state index contributed by atoms with van der Waals surface area (Å²) in [4.78, 5) is 0. The van der Waals surface area contributed by atoms with E-state index in [0.717, 1.165) is 78.3 Å². The number of nitrogens with zero attached hydrogens (tertiary/aromatic N) is 2. The fourth-order valence-electron chi connectivity index (χ4n) is 8.49. The minimum Gasteiger partial charge on any atom is -0.507 e. The molecule has 1 aliphatic carbocycles. The third-order valence-corrected chi connectivity index (χ3v) is 12.4. The van der Waals surface area contributed by atoms with Crippen molar-refractivity contribution in [1.29, 1.82) is 10.5 Å². The Labute approximate surface area is 354 Å². The lowest BCUT2D eigenvalue weighted by atomic mass is 9.79. The largest absolute Gasteiger partial charge is 0.507 e. The smallest absolute Gasteiger partial charge is 0.144 e. The number of nitriles is 2. The molecule has 6 rings (SSSR count). The van der Waals surface area contributed by atoms with E-state index in [2.05, 4.69) is 144 Å². The molecule has 0 spiro atoms. The lowest BCUT2D eigenvalue weighted by Crippen LogP contribution is -2.20. The van der Waals surface area contributed by atoms with E-state index in [1.807, 2.05) is 0 Å².